The Bertz CT molecular complexity index is 541. The van der Waals surface area contributed by atoms with Crippen LogP contribution >= 0.6 is 0 Å². The van der Waals surface area contributed by atoms with Crippen molar-refractivity contribution in [3.8, 4) is 0 Å². The van der Waals surface area contributed by atoms with Crippen LogP contribution in [-0.2, 0) is 9.59 Å². The predicted octanol–water partition coefficient (Wildman–Crippen LogP) is 4.05. The molecule has 0 aliphatic heterocycles. The molecule has 4 aliphatic carbocycles. The number of ketones is 1. The summed E-state index contributed by atoms with van der Waals surface area (Å²) in [6, 6.07) is 0. The summed E-state index contributed by atoms with van der Waals surface area (Å²) >= 11 is 0. The quantitative estimate of drug-likeness (QED) is 0.795. The SMILES string of the molecule is C[C@]12CC[C@H]3C4CCC[C@@](C)(C(=O)O)[C@H]4CC[C@@]3(CC1=O)C2. The Morgan fingerprint density at radius 2 is 1.82 bits per heavy atom. The fourth-order valence-electron chi connectivity index (χ4n) is 7.06. The number of aliphatic carboxylic acids is 1. The highest BCUT2D eigenvalue weighted by molar-refractivity contribution is 5.88. The maximum absolute atomic E-state index is 12.5. The largest absolute Gasteiger partial charge is 0.481 e. The predicted molar refractivity (Wildman–Crippen MR) is 83.3 cm³/mol. The lowest BCUT2D eigenvalue weighted by Crippen LogP contribution is -2.53. The van der Waals surface area contributed by atoms with E-state index in [-0.39, 0.29) is 10.8 Å². The zero-order valence-electron chi connectivity index (χ0n) is 13.9. The topological polar surface area (TPSA) is 54.4 Å². The highest BCUT2D eigenvalue weighted by atomic mass is 16.4. The first-order chi connectivity index (χ1) is 10.3. The molecule has 2 bridgehead atoms. The van der Waals surface area contributed by atoms with Gasteiger partial charge in [-0.15, -0.1) is 0 Å². The zero-order valence-corrected chi connectivity index (χ0v) is 13.9. The summed E-state index contributed by atoms with van der Waals surface area (Å²) in [6.07, 6.45) is 9.21. The molecule has 1 spiro atoms. The van der Waals surface area contributed by atoms with Crippen LogP contribution in [0.15, 0.2) is 0 Å². The number of hydrogen-bond acceptors (Lipinski definition) is 2. The molecule has 4 saturated carbocycles. The minimum atomic E-state index is -0.596. The van der Waals surface area contributed by atoms with Crippen molar-refractivity contribution in [1.29, 1.82) is 0 Å². The van der Waals surface area contributed by atoms with E-state index < -0.39 is 11.4 Å². The fourth-order valence-corrected chi connectivity index (χ4v) is 7.06. The molecule has 1 unspecified atom stereocenters. The van der Waals surface area contributed by atoms with E-state index in [0.29, 0.717) is 23.5 Å². The Balaban J connectivity index is 1.69. The van der Waals surface area contributed by atoms with Gasteiger partial charge in [0, 0.05) is 11.8 Å². The standard InChI is InChI=1S/C19H28O3/c1-17-8-5-14-12-4-3-7-18(2,16(21)22)13(12)6-9-19(14,11-17)10-15(17)20/h12-14H,3-11H2,1-2H3,(H,21,22)/t12?,13-,14-,17+,18+,19+/m0/s1. The van der Waals surface area contributed by atoms with Gasteiger partial charge in [0.15, 0.2) is 0 Å². The van der Waals surface area contributed by atoms with Gasteiger partial charge in [0.1, 0.15) is 5.78 Å². The van der Waals surface area contributed by atoms with Crippen molar-refractivity contribution in [2.45, 2.75) is 71.6 Å². The van der Waals surface area contributed by atoms with Gasteiger partial charge in [-0.1, -0.05) is 13.3 Å². The van der Waals surface area contributed by atoms with Gasteiger partial charge in [0.25, 0.3) is 0 Å². The number of carboxylic acid groups (broad SMARTS) is 1. The second-order valence-electron chi connectivity index (χ2n) is 9.27. The Hall–Kier alpha value is -0.860. The molecule has 122 valence electrons. The van der Waals surface area contributed by atoms with Crippen LogP contribution in [0.3, 0.4) is 0 Å². The molecule has 0 heterocycles. The Morgan fingerprint density at radius 1 is 1.09 bits per heavy atom. The minimum Gasteiger partial charge on any atom is -0.481 e. The van der Waals surface area contributed by atoms with E-state index in [2.05, 4.69) is 6.92 Å². The number of carboxylic acids is 1. The normalized spacial score (nSPS) is 53.7. The lowest BCUT2D eigenvalue weighted by atomic mass is 9.46. The molecule has 1 N–H and O–H groups in total. The first-order valence-electron chi connectivity index (χ1n) is 9.08. The van der Waals surface area contributed by atoms with E-state index in [0.717, 1.165) is 51.4 Å². The third kappa shape index (κ3) is 1.68. The molecule has 4 aliphatic rings. The molecule has 0 radical (unpaired) electrons. The number of Topliss-reactive ketones (excluding diaryl/α,β-unsaturated/α-hetero) is 1. The van der Waals surface area contributed by atoms with Crippen LogP contribution in [0, 0.1) is 34.0 Å². The van der Waals surface area contributed by atoms with Crippen LogP contribution in [0.5, 0.6) is 0 Å². The van der Waals surface area contributed by atoms with E-state index in [1.54, 1.807) is 0 Å². The number of carbonyl (C=O) groups is 2. The molecule has 3 nitrogen and oxygen atoms in total. The van der Waals surface area contributed by atoms with Crippen LogP contribution in [0.2, 0.25) is 0 Å². The average Bonchev–Trinajstić information content (AvgIpc) is 2.64. The van der Waals surface area contributed by atoms with Crippen molar-refractivity contribution in [3.63, 3.8) is 0 Å². The summed E-state index contributed by atoms with van der Waals surface area (Å²) < 4.78 is 0. The second-order valence-corrected chi connectivity index (χ2v) is 9.27. The number of carbonyl (C=O) groups excluding carboxylic acids is 1. The fraction of sp³-hybridized carbons (Fsp3) is 0.895. The van der Waals surface area contributed by atoms with Crippen molar-refractivity contribution in [2.75, 3.05) is 0 Å². The monoisotopic (exact) mass is 304 g/mol. The molecule has 6 atom stereocenters. The summed E-state index contributed by atoms with van der Waals surface area (Å²) in [4.78, 5) is 24.4. The van der Waals surface area contributed by atoms with Crippen molar-refractivity contribution < 1.29 is 14.7 Å². The number of rotatable bonds is 1. The molecule has 0 aromatic rings. The number of hydrogen-bond donors (Lipinski definition) is 1. The summed E-state index contributed by atoms with van der Waals surface area (Å²) in [7, 11) is 0. The minimum absolute atomic E-state index is 0.0614. The summed E-state index contributed by atoms with van der Waals surface area (Å²) in [6.45, 7) is 4.16. The Labute approximate surface area is 132 Å². The molecule has 3 heteroatoms. The second kappa shape index (κ2) is 4.36. The van der Waals surface area contributed by atoms with E-state index in [9.17, 15) is 14.7 Å². The summed E-state index contributed by atoms with van der Waals surface area (Å²) in [5, 5.41) is 9.79. The Morgan fingerprint density at radius 3 is 2.55 bits per heavy atom. The summed E-state index contributed by atoms with van der Waals surface area (Å²) in [5.41, 5.74) is -0.371. The smallest absolute Gasteiger partial charge is 0.309 e. The summed E-state index contributed by atoms with van der Waals surface area (Å²) in [5.74, 6) is 1.37. The van der Waals surface area contributed by atoms with Gasteiger partial charge in [-0.05, 0) is 75.0 Å². The third-order valence-corrected chi connectivity index (χ3v) is 8.25. The third-order valence-electron chi connectivity index (χ3n) is 8.25. The van der Waals surface area contributed by atoms with Crippen molar-refractivity contribution in [1.82, 2.24) is 0 Å². The van der Waals surface area contributed by atoms with Crippen molar-refractivity contribution in [2.24, 2.45) is 34.0 Å². The molecule has 22 heavy (non-hydrogen) atoms. The molecule has 0 amide bonds. The first-order valence-corrected chi connectivity index (χ1v) is 9.08. The van der Waals surface area contributed by atoms with Gasteiger partial charge in [-0.2, -0.15) is 0 Å². The van der Waals surface area contributed by atoms with E-state index in [1.807, 2.05) is 6.92 Å². The van der Waals surface area contributed by atoms with Crippen LogP contribution in [0.1, 0.15) is 71.6 Å². The van der Waals surface area contributed by atoms with Crippen molar-refractivity contribution >= 4 is 11.8 Å². The molecule has 0 saturated heterocycles. The van der Waals surface area contributed by atoms with Crippen LogP contribution in [0.25, 0.3) is 0 Å². The molecule has 4 fully saturated rings. The van der Waals surface area contributed by atoms with E-state index in [1.165, 1.54) is 6.42 Å². The highest BCUT2D eigenvalue weighted by Gasteiger charge is 2.64. The van der Waals surface area contributed by atoms with Gasteiger partial charge in [-0.25, -0.2) is 0 Å². The van der Waals surface area contributed by atoms with Crippen LogP contribution in [0.4, 0.5) is 0 Å². The van der Waals surface area contributed by atoms with Gasteiger partial charge < -0.3 is 5.11 Å². The molecular weight excluding hydrogens is 276 g/mol. The average molecular weight is 304 g/mol. The van der Waals surface area contributed by atoms with E-state index >= 15 is 0 Å². The lowest BCUT2D eigenvalue weighted by molar-refractivity contribution is -0.165. The van der Waals surface area contributed by atoms with Gasteiger partial charge >= 0.3 is 5.97 Å². The highest BCUT2D eigenvalue weighted by Crippen LogP contribution is 2.68. The molecule has 0 aromatic carbocycles. The van der Waals surface area contributed by atoms with Crippen molar-refractivity contribution in [3.05, 3.63) is 0 Å². The van der Waals surface area contributed by atoms with Crippen LogP contribution < -0.4 is 0 Å². The lowest BCUT2D eigenvalue weighted by Gasteiger charge is -2.58. The zero-order chi connectivity index (χ0) is 15.8. The molecule has 0 aromatic heterocycles. The first kappa shape index (κ1) is 14.7. The van der Waals surface area contributed by atoms with Crippen LogP contribution in [-0.4, -0.2) is 16.9 Å². The van der Waals surface area contributed by atoms with Gasteiger partial charge in [-0.3, -0.25) is 9.59 Å². The van der Waals surface area contributed by atoms with Gasteiger partial charge in [0.05, 0.1) is 5.41 Å². The van der Waals surface area contributed by atoms with Gasteiger partial charge in [0.2, 0.25) is 0 Å². The molecular formula is C19H28O3. The number of fused-ring (bicyclic) bond motifs is 3. The molecule has 4 rings (SSSR count). The van der Waals surface area contributed by atoms with E-state index in [4.69, 9.17) is 0 Å². The maximum Gasteiger partial charge on any atom is 0.309 e. The Kier molecular flexibility index (Phi) is 2.92. The maximum atomic E-state index is 12.5.